The van der Waals surface area contributed by atoms with Gasteiger partial charge in [0.05, 0.1) is 12.1 Å². The molecule has 0 bridgehead atoms. The molecule has 33 heavy (non-hydrogen) atoms. The van der Waals surface area contributed by atoms with Crippen molar-refractivity contribution < 1.29 is 9.59 Å². The zero-order chi connectivity index (χ0) is 23.2. The van der Waals surface area contributed by atoms with Gasteiger partial charge in [-0.3, -0.25) is 19.6 Å². The van der Waals surface area contributed by atoms with Gasteiger partial charge in [0.15, 0.2) is 0 Å². The summed E-state index contributed by atoms with van der Waals surface area (Å²) in [6, 6.07) is 5.23. The lowest BCUT2D eigenvalue weighted by molar-refractivity contribution is -0.139. The quantitative estimate of drug-likeness (QED) is 0.676. The molecular weight excluding hydrogens is 414 g/mol. The summed E-state index contributed by atoms with van der Waals surface area (Å²) in [4.78, 5) is 37.3. The molecule has 0 spiro atoms. The first-order valence-corrected chi connectivity index (χ1v) is 12.2. The Morgan fingerprint density at radius 1 is 1.03 bits per heavy atom. The fourth-order valence-electron chi connectivity index (χ4n) is 5.15. The summed E-state index contributed by atoms with van der Waals surface area (Å²) in [6.07, 6.45) is 14.6. The number of amides is 2. The highest BCUT2D eigenvalue weighted by Gasteiger charge is 2.39. The number of aromatic nitrogens is 2. The molecule has 2 N–H and O–H groups in total. The molecule has 1 aliphatic heterocycles. The predicted octanol–water partition coefficient (Wildman–Crippen LogP) is 3.48. The first kappa shape index (κ1) is 23.4. The van der Waals surface area contributed by atoms with Crippen molar-refractivity contribution in [3.63, 3.8) is 0 Å². The lowest BCUT2D eigenvalue weighted by atomic mass is 9.83. The van der Waals surface area contributed by atoms with Crippen LogP contribution in [0.1, 0.15) is 63.5 Å². The van der Waals surface area contributed by atoms with E-state index in [0.29, 0.717) is 6.54 Å². The second-order valence-corrected chi connectivity index (χ2v) is 9.33. The molecule has 2 aromatic heterocycles. The molecular formula is C26H35N5O2. The van der Waals surface area contributed by atoms with E-state index in [1.165, 1.54) is 6.42 Å². The van der Waals surface area contributed by atoms with Crippen molar-refractivity contribution in [3.05, 3.63) is 48.5 Å². The highest BCUT2D eigenvalue weighted by atomic mass is 16.2. The zero-order valence-corrected chi connectivity index (χ0v) is 19.7. The number of hydrogen-bond acceptors (Lipinski definition) is 5. The molecule has 2 aliphatic rings. The van der Waals surface area contributed by atoms with E-state index in [-0.39, 0.29) is 29.8 Å². The maximum Gasteiger partial charge on any atom is 0.245 e. The Hall–Kier alpha value is -2.80. The van der Waals surface area contributed by atoms with E-state index in [0.717, 1.165) is 55.2 Å². The Bertz CT molecular complexity index is 945. The Morgan fingerprint density at radius 2 is 1.82 bits per heavy atom. The summed E-state index contributed by atoms with van der Waals surface area (Å²) in [7, 11) is 1.76. The smallest absolute Gasteiger partial charge is 0.245 e. The van der Waals surface area contributed by atoms with Crippen molar-refractivity contribution in [1.82, 2.24) is 25.5 Å². The van der Waals surface area contributed by atoms with Crippen molar-refractivity contribution in [2.24, 2.45) is 5.92 Å². The third-order valence-electron chi connectivity index (χ3n) is 7.19. The number of hydrogen-bond donors (Lipinski definition) is 2. The standard InChI is InChI=1S/C26H35N5O2/c1-18(27-2)25(32)30-24(19-8-4-3-5-9-19)26(33)31-13-7-11-23(31)22-14-21(16-29-17-22)20-10-6-12-28-15-20/h6,10,12,14-19,23-24,27H,3-5,7-9,11,13H2,1-2H3,(H,30,32)/t18?,23-,24-/m0/s1. The molecule has 176 valence electrons. The van der Waals surface area contributed by atoms with Gasteiger partial charge < -0.3 is 15.5 Å². The number of pyridine rings is 2. The Labute approximate surface area is 196 Å². The average molecular weight is 450 g/mol. The third-order valence-corrected chi connectivity index (χ3v) is 7.19. The lowest BCUT2D eigenvalue weighted by Crippen LogP contribution is -2.55. The van der Waals surface area contributed by atoms with Gasteiger partial charge in [-0.2, -0.15) is 0 Å². The van der Waals surface area contributed by atoms with Gasteiger partial charge in [0.2, 0.25) is 11.8 Å². The van der Waals surface area contributed by atoms with Crippen LogP contribution in [0.2, 0.25) is 0 Å². The fraction of sp³-hybridized carbons (Fsp3) is 0.538. The van der Waals surface area contributed by atoms with Gasteiger partial charge in [-0.15, -0.1) is 0 Å². The van der Waals surface area contributed by atoms with Crippen LogP contribution in [0.25, 0.3) is 11.1 Å². The molecule has 0 aromatic carbocycles. The first-order valence-electron chi connectivity index (χ1n) is 12.2. The molecule has 1 saturated heterocycles. The predicted molar refractivity (Wildman–Crippen MR) is 128 cm³/mol. The van der Waals surface area contributed by atoms with Crippen molar-refractivity contribution in [3.8, 4) is 11.1 Å². The number of nitrogens with one attached hydrogen (secondary N) is 2. The molecule has 2 amide bonds. The summed E-state index contributed by atoms with van der Waals surface area (Å²) in [5.74, 6) is 0.130. The van der Waals surface area contributed by atoms with Crippen LogP contribution in [0.15, 0.2) is 43.0 Å². The fourth-order valence-corrected chi connectivity index (χ4v) is 5.15. The SMILES string of the molecule is CNC(C)C(=O)N[C@H](C(=O)N1CCC[C@H]1c1cncc(-c2cccnc2)c1)C1CCCCC1. The lowest BCUT2D eigenvalue weighted by Gasteiger charge is -2.35. The molecule has 1 saturated carbocycles. The number of carbonyl (C=O) groups excluding carboxylic acids is 2. The molecule has 0 radical (unpaired) electrons. The van der Waals surface area contributed by atoms with Crippen LogP contribution >= 0.6 is 0 Å². The van der Waals surface area contributed by atoms with E-state index >= 15 is 0 Å². The highest BCUT2D eigenvalue weighted by molar-refractivity contribution is 5.90. The number of likely N-dealkylation sites (tertiary alicyclic amines) is 1. The Kier molecular flexibility index (Phi) is 7.70. The second kappa shape index (κ2) is 10.9. The zero-order valence-electron chi connectivity index (χ0n) is 19.7. The summed E-state index contributed by atoms with van der Waals surface area (Å²) in [5, 5.41) is 6.09. The van der Waals surface area contributed by atoms with E-state index in [1.54, 1.807) is 13.2 Å². The van der Waals surface area contributed by atoms with Crippen LogP contribution in [-0.2, 0) is 9.59 Å². The number of likely N-dealkylation sites (N-methyl/N-ethyl adjacent to an activating group) is 1. The largest absolute Gasteiger partial charge is 0.343 e. The van der Waals surface area contributed by atoms with E-state index < -0.39 is 6.04 Å². The van der Waals surface area contributed by atoms with E-state index in [2.05, 4.69) is 26.7 Å². The van der Waals surface area contributed by atoms with Crippen molar-refractivity contribution in [2.45, 2.75) is 70.0 Å². The molecule has 4 rings (SSSR count). The highest BCUT2D eigenvalue weighted by Crippen LogP contribution is 2.36. The topological polar surface area (TPSA) is 87.2 Å². The van der Waals surface area contributed by atoms with Gasteiger partial charge in [-0.1, -0.05) is 25.3 Å². The molecule has 3 atom stereocenters. The summed E-state index contributed by atoms with van der Waals surface area (Å²) < 4.78 is 0. The third kappa shape index (κ3) is 5.41. The average Bonchev–Trinajstić information content (AvgIpc) is 3.37. The minimum Gasteiger partial charge on any atom is -0.343 e. The van der Waals surface area contributed by atoms with Gasteiger partial charge >= 0.3 is 0 Å². The van der Waals surface area contributed by atoms with Gasteiger partial charge in [0.25, 0.3) is 0 Å². The normalized spacial score (nSPS) is 20.9. The minimum atomic E-state index is -0.469. The van der Waals surface area contributed by atoms with E-state index in [1.807, 2.05) is 42.5 Å². The van der Waals surface area contributed by atoms with E-state index in [4.69, 9.17) is 0 Å². The Morgan fingerprint density at radius 3 is 2.55 bits per heavy atom. The van der Waals surface area contributed by atoms with Crippen molar-refractivity contribution in [2.75, 3.05) is 13.6 Å². The summed E-state index contributed by atoms with van der Waals surface area (Å²) in [6.45, 7) is 2.54. The molecule has 2 aromatic rings. The van der Waals surface area contributed by atoms with Crippen molar-refractivity contribution >= 4 is 11.8 Å². The van der Waals surface area contributed by atoms with Crippen LogP contribution in [0.3, 0.4) is 0 Å². The number of rotatable bonds is 7. The van der Waals surface area contributed by atoms with Crippen LogP contribution in [-0.4, -0.2) is 52.4 Å². The second-order valence-electron chi connectivity index (χ2n) is 9.33. The van der Waals surface area contributed by atoms with Crippen molar-refractivity contribution in [1.29, 1.82) is 0 Å². The molecule has 1 aliphatic carbocycles. The molecule has 1 unspecified atom stereocenters. The maximum absolute atomic E-state index is 13.9. The molecule has 7 heteroatoms. The van der Waals surface area contributed by atoms with Gasteiger partial charge in [-0.25, -0.2) is 0 Å². The number of carbonyl (C=O) groups is 2. The van der Waals surface area contributed by atoms with Gasteiger partial charge in [-0.05, 0) is 63.3 Å². The van der Waals surface area contributed by atoms with Crippen LogP contribution in [0.4, 0.5) is 0 Å². The summed E-state index contributed by atoms with van der Waals surface area (Å²) >= 11 is 0. The van der Waals surface area contributed by atoms with Gasteiger partial charge in [0, 0.05) is 42.5 Å². The van der Waals surface area contributed by atoms with Crippen LogP contribution < -0.4 is 10.6 Å². The summed E-state index contributed by atoms with van der Waals surface area (Å²) in [5.41, 5.74) is 3.05. The minimum absolute atomic E-state index is 0.0219. The Balaban J connectivity index is 1.57. The van der Waals surface area contributed by atoms with E-state index in [9.17, 15) is 9.59 Å². The monoisotopic (exact) mass is 449 g/mol. The van der Waals surface area contributed by atoms with Crippen LogP contribution in [0.5, 0.6) is 0 Å². The van der Waals surface area contributed by atoms with Gasteiger partial charge in [0.1, 0.15) is 6.04 Å². The molecule has 7 nitrogen and oxygen atoms in total. The maximum atomic E-state index is 13.9. The molecule has 3 heterocycles. The molecule has 2 fully saturated rings. The number of nitrogens with zero attached hydrogens (tertiary/aromatic N) is 3. The van der Waals surface area contributed by atoms with Crippen LogP contribution in [0, 0.1) is 5.92 Å². The first-order chi connectivity index (χ1) is 16.1.